The summed E-state index contributed by atoms with van der Waals surface area (Å²) in [6.07, 6.45) is 1.36. The molecule has 1 aliphatic rings. The molecule has 0 aliphatic heterocycles. The normalized spacial score (nSPS) is 18.2. The van der Waals surface area contributed by atoms with Crippen LogP contribution in [-0.4, -0.2) is 61.1 Å². The van der Waals surface area contributed by atoms with Crippen LogP contribution >= 0.6 is 0 Å². The highest BCUT2D eigenvalue weighted by atomic mass is 16.5. The van der Waals surface area contributed by atoms with E-state index in [1.54, 1.807) is 92.1 Å². The maximum absolute atomic E-state index is 13.1. The minimum Gasteiger partial charge on any atom is -0.497 e. The van der Waals surface area contributed by atoms with Gasteiger partial charge in [-0.1, -0.05) is 72.8 Å². The number of rotatable bonds is 12. The second-order valence-corrected chi connectivity index (χ2v) is 11.7. The standard InChI is InChI=1S/C40H42O8/c1-26(27-9-7-6-8-10-27)35-25-34(48-5)23-24-36(35)40(44,30-15-21-33(47-4)22-16-30)38(42)37(41)39(43,28-11-17-31(45-2)18-12-28)29-13-19-32(46-3)20-14-29/h6-25,36-38,41-44H,1-5H3. The summed E-state index contributed by atoms with van der Waals surface area (Å²) in [6.45, 7) is 1.93. The number of hydrogen-bond donors (Lipinski definition) is 4. The number of allylic oxidation sites excluding steroid dienone is 3. The van der Waals surface area contributed by atoms with Crippen molar-refractivity contribution >= 4 is 5.57 Å². The molecular formula is C40H42O8. The van der Waals surface area contributed by atoms with E-state index in [0.717, 1.165) is 11.1 Å². The molecule has 0 spiro atoms. The van der Waals surface area contributed by atoms with Crippen molar-refractivity contribution < 1.29 is 39.4 Å². The lowest BCUT2D eigenvalue weighted by Gasteiger charge is -2.46. The molecule has 8 heteroatoms. The molecule has 0 saturated heterocycles. The van der Waals surface area contributed by atoms with Gasteiger partial charge in [0.2, 0.25) is 0 Å². The van der Waals surface area contributed by atoms with Crippen LogP contribution < -0.4 is 14.2 Å². The molecule has 48 heavy (non-hydrogen) atoms. The van der Waals surface area contributed by atoms with Crippen LogP contribution in [-0.2, 0) is 15.9 Å². The molecule has 1 aliphatic carbocycles. The molecule has 0 fully saturated rings. The highest BCUT2D eigenvalue weighted by Crippen LogP contribution is 2.48. The predicted octanol–water partition coefficient (Wildman–Crippen LogP) is 5.75. The van der Waals surface area contributed by atoms with Crippen molar-refractivity contribution in [2.24, 2.45) is 5.92 Å². The van der Waals surface area contributed by atoms with Crippen molar-refractivity contribution in [2.75, 3.05) is 28.4 Å². The van der Waals surface area contributed by atoms with Crippen LogP contribution in [0.25, 0.3) is 5.57 Å². The van der Waals surface area contributed by atoms with E-state index in [1.807, 2.05) is 43.3 Å². The monoisotopic (exact) mass is 650 g/mol. The Morgan fingerprint density at radius 2 is 1.06 bits per heavy atom. The summed E-state index contributed by atoms with van der Waals surface area (Å²) < 4.78 is 21.6. The fourth-order valence-corrected chi connectivity index (χ4v) is 6.35. The second kappa shape index (κ2) is 14.5. The van der Waals surface area contributed by atoms with E-state index in [4.69, 9.17) is 18.9 Å². The van der Waals surface area contributed by atoms with E-state index in [9.17, 15) is 20.4 Å². The highest BCUT2D eigenvalue weighted by Gasteiger charge is 2.55. The van der Waals surface area contributed by atoms with Crippen molar-refractivity contribution in [1.82, 2.24) is 0 Å². The summed E-state index contributed by atoms with van der Waals surface area (Å²) in [6, 6.07) is 29.4. The smallest absolute Gasteiger partial charge is 0.143 e. The van der Waals surface area contributed by atoms with Gasteiger partial charge < -0.3 is 39.4 Å². The summed E-state index contributed by atoms with van der Waals surface area (Å²) in [7, 11) is 6.16. The molecular weight excluding hydrogens is 608 g/mol. The second-order valence-electron chi connectivity index (χ2n) is 11.7. The molecule has 0 amide bonds. The number of aliphatic hydroxyl groups is 4. The van der Waals surface area contributed by atoms with Gasteiger partial charge in [0.15, 0.2) is 0 Å². The van der Waals surface area contributed by atoms with Crippen molar-refractivity contribution in [2.45, 2.75) is 30.3 Å². The summed E-state index contributed by atoms with van der Waals surface area (Å²) in [4.78, 5) is 0. The van der Waals surface area contributed by atoms with Crippen LogP contribution in [0.3, 0.4) is 0 Å². The Kier molecular flexibility index (Phi) is 10.4. The van der Waals surface area contributed by atoms with Crippen LogP contribution in [0.2, 0.25) is 0 Å². The molecule has 0 radical (unpaired) electrons. The molecule has 4 unspecified atom stereocenters. The highest BCUT2D eigenvalue weighted by molar-refractivity contribution is 5.72. The van der Waals surface area contributed by atoms with Gasteiger partial charge in [-0.05, 0) is 88.9 Å². The zero-order valence-corrected chi connectivity index (χ0v) is 27.7. The summed E-state index contributed by atoms with van der Waals surface area (Å²) in [5.74, 6) is 1.27. The lowest BCUT2D eigenvalue weighted by molar-refractivity contribution is -0.190. The summed E-state index contributed by atoms with van der Waals surface area (Å²) >= 11 is 0. The predicted molar refractivity (Wildman–Crippen MR) is 185 cm³/mol. The quantitative estimate of drug-likeness (QED) is 0.153. The first-order chi connectivity index (χ1) is 23.1. The van der Waals surface area contributed by atoms with Crippen LogP contribution in [0.1, 0.15) is 29.2 Å². The third-order valence-electron chi connectivity index (χ3n) is 9.23. The minimum atomic E-state index is -2.21. The molecule has 4 N–H and O–H groups in total. The van der Waals surface area contributed by atoms with Crippen molar-refractivity contribution in [1.29, 1.82) is 0 Å². The maximum Gasteiger partial charge on any atom is 0.143 e. The fraction of sp³-hybridized carbons (Fsp3) is 0.250. The summed E-state index contributed by atoms with van der Waals surface area (Å²) in [5, 5.41) is 50.6. The Hall–Kier alpha value is -4.86. The van der Waals surface area contributed by atoms with Gasteiger partial charge in [-0.25, -0.2) is 0 Å². The van der Waals surface area contributed by atoms with E-state index < -0.39 is 29.3 Å². The van der Waals surface area contributed by atoms with Gasteiger partial charge in [0, 0.05) is 5.92 Å². The van der Waals surface area contributed by atoms with Gasteiger partial charge in [0.25, 0.3) is 0 Å². The lowest BCUT2D eigenvalue weighted by atomic mass is 9.66. The Bertz CT molecular complexity index is 1710. The first kappa shape index (κ1) is 34.5. The minimum absolute atomic E-state index is 0.272. The number of aliphatic hydroxyl groups excluding tert-OH is 2. The van der Waals surface area contributed by atoms with Crippen LogP contribution in [0, 0.1) is 5.92 Å². The Labute approximate surface area is 281 Å². The molecule has 4 aromatic rings. The number of benzene rings is 4. The maximum atomic E-state index is 13.1. The third kappa shape index (κ3) is 6.35. The molecule has 4 atom stereocenters. The number of ether oxygens (including phenoxy) is 4. The van der Waals surface area contributed by atoms with E-state index in [-0.39, 0.29) is 11.1 Å². The number of methoxy groups -OCH3 is 4. The van der Waals surface area contributed by atoms with E-state index in [2.05, 4.69) is 0 Å². The SMILES string of the molecule is COC1=CC(=C(C)c2ccccc2)C(C(O)(c2ccc(OC)cc2)C(O)C(O)C(O)(c2ccc(OC)cc2)c2ccc(OC)cc2)C=C1. The Morgan fingerprint density at radius 3 is 1.50 bits per heavy atom. The van der Waals surface area contributed by atoms with Gasteiger partial charge in [0.05, 0.1) is 28.4 Å². The van der Waals surface area contributed by atoms with Crippen molar-refractivity contribution in [3.63, 3.8) is 0 Å². The molecule has 5 rings (SSSR count). The van der Waals surface area contributed by atoms with Gasteiger partial charge >= 0.3 is 0 Å². The van der Waals surface area contributed by atoms with Crippen molar-refractivity contribution in [3.05, 3.63) is 155 Å². The largest absolute Gasteiger partial charge is 0.497 e. The Morgan fingerprint density at radius 1 is 0.604 bits per heavy atom. The van der Waals surface area contributed by atoms with Crippen LogP contribution in [0.4, 0.5) is 0 Å². The zero-order chi connectivity index (χ0) is 34.5. The summed E-state index contributed by atoms with van der Waals surface area (Å²) in [5.41, 5.74) is -1.18. The molecule has 8 nitrogen and oxygen atoms in total. The average Bonchev–Trinajstić information content (AvgIpc) is 3.16. The molecule has 4 aromatic carbocycles. The third-order valence-corrected chi connectivity index (χ3v) is 9.23. The van der Waals surface area contributed by atoms with Crippen molar-refractivity contribution in [3.8, 4) is 17.2 Å². The molecule has 0 heterocycles. The van der Waals surface area contributed by atoms with E-state index in [0.29, 0.717) is 34.1 Å². The van der Waals surface area contributed by atoms with Crippen LogP contribution in [0.15, 0.2) is 133 Å². The first-order valence-electron chi connectivity index (χ1n) is 15.6. The van der Waals surface area contributed by atoms with Gasteiger partial charge in [-0.15, -0.1) is 0 Å². The number of hydrogen-bond acceptors (Lipinski definition) is 8. The molecule has 0 aromatic heterocycles. The van der Waals surface area contributed by atoms with Gasteiger partial charge in [-0.2, -0.15) is 0 Å². The molecule has 250 valence electrons. The van der Waals surface area contributed by atoms with E-state index in [1.165, 1.54) is 21.3 Å². The fourth-order valence-electron chi connectivity index (χ4n) is 6.35. The first-order valence-corrected chi connectivity index (χ1v) is 15.6. The topological polar surface area (TPSA) is 118 Å². The molecule has 0 bridgehead atoms. The average molecular weight is 651 g/mol. The zero-order valence-electron chi connectivity index (χ0n) is 27.7. The van der Waals surface area contributed by atoms with Crippen LogP contribution in [0.5, 0.6) is 17.2 Å². The molecule has 0 saturated carbocycles. The van der Waals surface area contributed by atoms with Gasteiger partial charge in [-0.3, -0.25) is 0 Å². The Balaban J connectivity index is 1.74. The lowest BCUT2D eigenvalue weighted by Crippen LogP contribution is -2.58. The van der Waals surface area contributed by atoms with Gasteiger partial charge in [0.1, 0.15) is 46.4 Å². The van der Waals surface area contributed by atoms with E-state index >= 15 is 0 Å².